The first-order valence-corrected chi connectivity index (χ1v) is 25.1. The summed E-state index contributed by atoms with van der Waals surface area (Å²) in [6.45, 7) is 62.1. The van der Waals surface area contributed by atoms with Gasteiger partial charge in [0, 0.05) is 43.8 Å². The average Bonchev–Trinajstić information content (AvgIpc) is 3.71. The van der Waals surface area contributed by atoms with E-state index < -0.39 is 0 Å². The highest BCUT2D eigenvalue weighted by Gasteiger charge is 2.38. The fourth-order valence-corrected chi connectivity index (χ4v) is 6.85. The topological polar surface area (TPSA) is 13.0 Å². The Labute approximate surface area is 379 Å². The third-order valence-electron chi connectivity index (χ3n) is 10.8. The van der Waals surface area contributed by atoms with Crippen molar-refractivity contribution in [3.8, 4) is 0 Å². The minimum absolute atomic E-state index is 0. The van der Waals surface area contributed by atoms with Gasteiger partial charge in [-0.15, -0.1) is 0 Å². The fourth-order valence-electron chi connectivity index (χ4n) is 6.85. The number of fused-ring (bicyclic) bond motifs is 1. The van der Waals surface area contributed by atoms with Gasteiger partial charge in [0.15, 0.2) is 0 Å². The van der Waals surface area contributed by atoms with Crippen LogP contribution in [0.15, 0.2) is 30.3 Å². The Balaban J connectivity index is -0.000000115. The molecular weight excluding hydrogens is 717 g/mol. The number of nitrogens with zero attached hydrogens (tertiary/aromatic N) is 4. The molecule has 4 aliphatic rings. The van der Waals surface area contributed by atoms with Gasteiger partial charge in [-0.3, -0.25) is 9.80 Å². The van der Waals surface area contributed by atoms with Crippen molar-refractivity contribution in [2.24, 2.45) is 17.3 Å². The summed E-state index contributed by atoms with van der Waals surface area (Å²) in [5, 5.41) is 0. The summed E-state index contributed by atoms with van der Waals surface area (Å²) < 4.78 is 0. The van der Waals surface area contributed by atoms with Crippen LogP contribution < -0.4 is 0 Å². The maximum Gasteiger partial charge on any atom is 0.0224 e. The van der Waals surface area contributed by atoms with Crippen LogP contribution in [0.3, 0.4) is 0 Å². The summed E-state index contributed by atoms with van der Waals surface area (Å²) in [4.78, 5) is 10.6. The first kappa shape index (κ1) is 72.5. The van der Waals surface area contributed by atoms with E-state index in [1.54, 1.807) is 0 Å². The van der Waals surface area contributed by atoms with Crippen LogP contribution in [-0.4, -0.2) is 96.1 Å². The third-order valence-corrected chi connectivity index (χ3v) is 10.8. The molecule has 5 rings (SSSR count). The van der Waals surface area contributed by atoms with Gasteiger partial charge < -0.3 is 9.80 Å². The third kappa shape index (κ3) is 37.3. The Morgan fingerprint density at radius 2 is 0.847 bits per heavy atom. The quantitative estimate of drug-likeness (QED) is 0.293. The molecule has 4 nitrogen and oxygen atoms in total. The molecule has 0 saturated carbocycles. The van der Waals surface area contributed by atoms with Crippen LogP contribution in [0.5, 0.6) is 0 Å². The monoisotopic (exact) mass is 839 g/mol. The second-order valence-electron chi connectivity index (χ2n) is 17.3. The molecule has 1 aromatic carbocycles. The summed E-state index contributed by atoms with van der Waals surface area (Å²) in [7, 11) is 0. The Bertz CT molecular complexity index is 830. The van der Waals surface area contributed by atoms with Crippen LogP contribution in [-0.2, 0) is 0 Å². The minimum Gasteiger partial charge on any atom is -0.301 e. The van der Waals surface area contributed by atoms with Gasteiger partial charge in [-0.25, -0.2) is 0 Å². The standard InChI is InChI=1S/C15H30N2.C10H20N2.C9H12.C5H12.C4H10.5C2H6.2CH4/c1-13(2)16-9-5-15(6-10-16)7-11-17(12-8-15)14(3)4;1-9(2)12-7-6-11-5-3-4-10(11)8-12;1-8(2)9-6-4-3-5-7-9;1-4-5(2)3;1-4(2)3;5*1-2;;/h13-14H,5-12H2,1-4H3;9-10H,3-8H2,1-2H3;3-8H,1-2H3;5H,4H2,1-3H3;4H,1-3H3;5*1-2H3;2*1H4. The molecule has 59 heavy (non-hydrogen) atoms. The van der Waals surface area contributed by atoms with Gasteiger partial charge in [0.25, 0.3) is 0 Å². The van der Waals surface area contributed by atoms with E-state index in [0.29, 0.717) is 11.3 Å². The Morgan fingerprint density at radius 1 is 0.508 bits per heavy atom. The van der Waals surface area contributed by atoms with E-state index in [4.69, 9.17) is 0 Å². The largest absolute Gasteiger partial charge is 0.301 e. The van der Waals surface area contributed by atoms with E-state index >= 15 is 0 Å². The van der Waals surface area contributed by atoms with Crippen molar-refractivity contribution in [1.29, 1.82) is 0 Å². The van der Waals surface area contributed by atoms with E-state index in [9.17, 15) is 0 Å². The second-order valence-corrected chi connectivity index (χ2v) is 17.3. The first-order chi connectivity index (χ1) is 27.1. The highest BCUT2D eigenvalue weighted by atomic mass is 15.3. The lowest BCUT2D eigenvalue weighted by atomic mass is 9.71. The average molecular weight is 840 g/mol. The van der Waals surface area contributed by atoms with Crippen molar-refractivity contribution in [2.45, 2.75) is 256 Å². The van der Waals surface area contributed by atoms with E-state index in [2.05, 4.69) is 141 Å². The lowest BCUT2D eigenvalue weighted by Gasteiger charge is -2.48. The second kappa shape index (κ2) is 48.1. The number of rotatable bonds is 5. The van der Waals surface area contributed by atoms with E-state index in [1.165, 1.54) is 103 Å². The van der Waals surface area contributed by atoms with Crippen LogP contribution in [0.2, 0.25) is 0 Å². The lowest BCUT2D eigenvalue weighted by molar-refractivity contribution is 0.0168. The van der Waals surface area contributed by atoms with Crippen molar-refractivity contribution >= 4 is 0 Å². The molecular formula is C55H122N4. The van der Waals surface area contributed by atoms with Gasteiger partial charge in [-0.05, 0) is 142 Å². The molecule has 0 radical (unpaired) electrons. The number of hydrogen-bond acceptors (Lipinski definition) is 4. The minimum atomic E-state index is 0. The maximum absolute atomic E-state index is 2.67. The smallest absolute Gasteiger partial charge is 0.0224 e. The normalized spacial score (nSPS) is 18.0. The molecule has 4 heteroatoms. The predicted octanol–water partition coefficient (Wildman–Crippen LogP) is 17.1. The summed E-state index contributed by atoms with van der Waals surface area (Å²) in [5.74, 6) is 2.38. The first-order valence-electron chi connectivity index (χ1n) is 25.1. The molecule has 1 unspecified atom stereocenters. The van der Waals surface area contributed by atoms with Crippen molar-refractivity contribution in [3.63, 3.8) is 0 Å². The maximum atomic E-state index is 2.67. The molecule has 362 valence electrons. The van der Waals surface area contributed by atoms with Crippen LogP contribution in [0, 0.1) is 17.3 Å². The number of piperazine rings is 1. The van der Waals surface area contributed by atoms with Crippen molar-refractivity contribution in [1.82, 2.24) is 19.6 Å². The molecule has 1 aromatic rings. The SMILES string of the molecule is C.C.CC.CC.CC.CC.CC.CC(C)C.CC(C)N1CCC2(CC1)CCN(C(C)C)CC2.CC(C)N1CCN2CCCC2C1.CC(C)c1ccccc1.CCC(C)C. The lowest BCUT2D eigenvalue weighted by Crippen LogP contribution is -2.52. The molecule has 0 aromatic heterocycles. The molecule has 4 aliphatic heterocycles. The highest BCUT2D eigenvalue weighted by molar-refractivity contribution is 5.17. The van der Waals surface area contributed by atoms with Gasteiger partial charge >= 0.3 is 0 Å². The number of hydrogen-bond donors (Lipinski definition) is 0. The van der Waals surface area contributed by atoms with Crippen molar-refractivity contribution in [3.05, 3.63) is 35.9 Å². The number of benzene rings is 1. The fraction of sp³-hybridized carbons (Fsp3) is 0.891. The van der Waals surface area contributed by atoms with Crippen LogP contribution in [0.4, 0.5) is 0 Å². The van der Waals surface area contributed by atoms with Crippen molar-refractivity contribution in [2.75, 3.05) is 52.4 Å². The Morgan fingerprint density at radius 3 is 1.12 bits per heavy atom. The summed E-state index contributed by atoms with van der Waals surface area (Å²) in [6, 6.07) is 13.6. The molecule has 1 atom stereocenters. The van der Waals surface area contributed by atoms with E-state index in [-0.39, 0.29) is 14.9 Å². The zero-order valence-electron chi connectivity index (χ0n) is 44.3. The molecule has 4 fully saturated rings. The van der Waals surface area contributed by atoms with Crippen molar-refractivity contribution < 1.29 is 0 Å². The summed E-state index contributed by atoms with van der Waals surface area (Å²) in [5.41, 5.74) is 2.12. The van der Waals surface area contributed by atoms with Gasteiger partial charge in [-0.2, -0.15) is 0 Å². The Kier molecular flexibility index (Phi) is 59.1. The number of likely N-dealkylation sites (tertiary alicyclic amines) is 2. The van der Waals surface area contributed by atoms with Gasteiger partial charge in [0.1, 0.15) is 0 Å². The summed E-state index contributed by atoms with van der Waals surface area (Å²) >= 11 is 0. The molecule has 0 amide bonds. The van der Waals surface area contributed by atoms with Crippen LogP contribution >= 0.6 is 0 Å². The number of piperidine rings is 2. The molecule has 1 spiro atoms. The van der Waals surface area contributed by atoms with Gasteiger partial charge in [0.05, 0.1) is 0 Å². The molecule has 0 N–H and O–H groups in total. The van der Waals surface area contributed by atoms with E-state index in [0.717, 1.165) is 36.0 Å². The Hall–Kier alpha value is -0.940. The molecule has 0 bridgehead atoms. The summed E-state index contributed by atoms with van der Waals surface area (Å²) in [6.07, 6.45) is 9.93. The molecule has 0 aliphatic carbocycles. The zero-order chi connectivity index (χ0) is 45.6. The van der Waals surface area contributed by atoms with Gasteiger partial charge in [0.2, 0.25) is 0 Å². The predicted molar refractivity (Wildman–Crippen MR) is 282 cm³/mol. The van der Waals surface area contributed by atoms with Crippen LogP contribution in [0.25, 0.3) is 0 Å². The van der Waals surface area contributed by atoms with Gasteiger partial charge in [-0.1, -0.05) is 176 Å². The van der Waals surface area contributed by atoms with E-state index in [1.807, 2.05) is 75.3 Å². The molecule has 4 saturated heterocycles. The highest BCUT2D eigenvalue weighted by Crippen LogP contribution is 2.41. The molecule has 4 heterocycles. The van der Waals surface area contributed by atoms with Crippen LogP contribution in [0.1, 0.15) is 237 Å². The zero-order valence-corrected chi connectivity index (χ0v) is 44.3.